The SMILES string of the molecule is CC(C)(C)OC(=O)Nc1cnn(CCN2CCOCC2)c1. The third-order valence-electron chi connectivity index (χ3n) is 3.03. The van der Waals surface area contributed by atoms with Crippen molar-refractivity contribution in [3.05, 3.63) is 12.4 Å². The highest BCUT2D eigenvalue weighted by Crippen LogP contribution is 2.11. The van der Waals surface area contributed by atoms with Gasteiger partial charge in [0.15, 0.2) is 0 Å². The first-order valence-electron chi connectivity index (χ1n) is 7.25. The molecular weight excluding hydrogens is 272 g/mol. The molecule has 0 aliphatic carbocycles. The van der Waals surface area contributed by atoms with Gasteiger partial charge in [-0.3, -0.25) is 14.9 Å². The second-order valence-electron chi connectivity index (χ2n) is 6.07. The van der Waals surface area contributed by atoms with Gasteiger partial charge in [0.1, 0.15) is 5.60 Å². The Morgan fingerprint density at radius 3 is 2.76 bits per heavy atom. The predicted molar refractivity (Wildman–Crippen MR) is 79.3 cm³/mol. The molecule has 1 N–H and O–H groups in total. The van der Waals surface area contributed by atoms with Crippen molar-refractivity contribution in [2.24, 2.45) is 0 Å². The molecule has 118 valence electrons. The first kappa shape index (κ1) is 15.8. The summed E-state index contributed by atoms with van der Waals surface area (Å²) in [5.41, 5.74) is 0.141. The molecule has 1 fully saturated rings. The van der Waals surface area contributed by atoms with Crippen LogP contribution in [0.15, 0.2) is 12.4 Å². The molecular formula is C14H24N4O3. The van der Waals surface area contributed by atoms with Gasteiger partial charge in [-0.05, 0) is 20.8 Å². The summed E-state index contributed by atoms with van der Waals surface area (Å²) >= 11 is 0. The number of hydrogen-bond acceptors (Lipinski definition) is 5. The molecule has 1 aliphatic heterocycles. The Balaban J connectivity index is 1.77. The van der Waals surface area contributed by atoms with Crippen molar-refractivity contribution in [1.29, 1.82) is 0 Å². The standard InChI is InChI=1S/C14H24N4O3/c1-14(2,3)21-13(19)16-12-10-15-18(11-12)5-4-17-6-8-20-9-7-17/h10-11H,4-9H2,1-3H3,(H,16,19). The van der Waals surface area contributed by atoms with Crippen LogP contribution in [0.3, 0.4) is 0 Å². The van der Waals surface area contributed by atoms with Crippen LogP contribution in [-0.2, 0) is 16.0 Å². The summed E-state index contributed by atoms with van der Waals surface area (Å²) in [5.74, 6) is 0. The Labute approximate surface area is 125 Å². The fraction of sp³-hybridized carbons (Fsp3) is 0.714. The molecule has 7 nitrogen and oxygen atoms in total. The number of rotatable bonds is 4. The van der Waals surface area contributed by atoms with Crippen LogP contribution < -0.4 is 5.32 Å². The molecule has 7 heteroatoms. The summed E-state index contributed by atoms with van der Waals surface area (Å²) in [6, 6.07) is 0. The molecule has 1 saturated heterocycles. The number of amides is 1. The molecule has 1 aliphatic rings. The number of hydrogen-bond donors (Lipinski definition) is 1. The number of aromatic nitrogens is 2. The third-order valence-corrected chi connectivity index (χ3v) is 3.03. The summed E-state index contributed by atoms with van der Waals surface area (Å²) in [4.78, 5) is 14.0. The molecule has 0 radical (unpaired) electrons. The van der Waals surface area contributed by atoms with E-state index in [1.54, 1.807) is 6.20 Å². The van der Waals surface area contributed by atoms with E-state index in [4.69, 9.17) is 9.47 Å². The minimum Gasteiger partial charge on any atom is -0.444 e. The maximum Gasteiger partial charge on any atom is 0.412 e. The summed E-state index contributed by atoms with van der Waals surface area (Å²) in [6.07, 6.45) is 2.98. The minimum absolute atomic E-state index is 0.463. The average Bonchev–Trinajstić information content (AvgIpc) is 2.83. The first-order valence-corrected chi connectivity index (χ1v) is 7.25. The van der Waals surface area contributed by atoms with Crippen LogP contribution >= 0.6 is 0 Å². The lowest BCUT2D eigenvalue weighted by Gasteiger charge is -2.26. The first-order chi connectivity index (χ1) is 9.92. The van der Waals surface area contributed by atoms with Gasteiger partial charge in [-0.25, -0.2) is 4.79 Å². The zero-order chi connectivity index (χ0) is 15.3. The van der Waals surface area contributed by atoms with Crippen molar-refractivity contribution >= 4 is 11.8 Å². The summed E-state index contributed by atoms with van der Waals surface area (Å²) in [5, 5.41) is 6.92. The fourth-order valence-corrected chi connectivity index (χ4v) is 2.04. The fourth-order valence-electron chi connectivity index (χ4n) is 2.04. The normalized spacial score (nSPS) is 16.7. The van der Waals surface area contributed by atoms with E-state index >= 15 is 0 Å². The van der Waals surface area contributed by atoms with E-state index in [2.05, 4.69) is 15.3 Å². The van der Waals surface area contributed by atoms with Crippen LogP contribution in [0, 0.1) is 0 Å². The van der Waals surface area contributed by atoms with Gasteiger partial charge < -0.3 is 9.47 Å². The lowest BCUT2D eigenvalue weighted by molar-refractivity contribution is 0.0359. The maximum absolute atomic E-state index is 11.7. The number of carbonyl (C=O) groups is 1. The van der Waals surface area contributed by atoms with E-state index in [9.17, 15) is 4.79 Å². The van der Waals surface area contributed by atoms with E-state index in [1.807, 2.05) is 31.6 Å². The highest BCUT2D eigenvalue weighted by Gasteiger charge is 2.16. The summed E-state index contributed by atoms with van der Waals surface area (Å²) in [6.45, 7) is 10.7. The number of nitrogens with one attached hydrogen (secondary N) is 1. The number of anilines is 1. The van der Waals surface area contributed by atoms with Gasteiger partial charge in [0.05, 0.1) is 31.6 Å². The zero-order valence-electron chi connectivity index (χ0n) is 13.0. The zero-order valence-corrected chi connectivity index (χ0v) is 13.0. The monoisotopic (exact) mass is 296 g/mol. The lowest BCUT2D eigenvalue weighted by Crippen LogP contribution is -2.38. The Morgan fingerprint density at radius 2 is 2.10 bits per heavy atom. The van der Waals surface area contributed by atoms with Crippen molar-refractivity contribution in [3.8, 4) is 0 Å². The topological polar surface area (TPSA) is 68.6 Å². The number of carbonyl (C=O) groups excluding carboxylic acids is 1. The van der Waals surface area contributed by atoms with Gasteiger partial charge in [-0.1, -0.05) is 0 Å². The highest BCUT2D eigenvalue weighted by atomic mass is 16.6. The summed E-state index contributed by atoms with van der Waals surface area (Å²) < 4.78 is 12.3. The molecule has 2 rings (SSSR count). The van der Waals surface area contributed by atoms with Gasteiger partial charge in [-0.15, -0.1) is 0 Å². The Morgan fingerprint density at radius 1 is 1.38 bits per heavy atom. The van der Waals surface area contributed by atoms with Gasteiger partial charge in [0.25, 0.3) is 0 Å². The molecule has 21 heavy (non-hydrogen) atoms. The molecule has 0 saturated carbocycles. The Bertz CT molecular complexity index is 461. The molecule has 0 spiro atoms. The molecule has 0 aromatic carbocycles. The van der Waals surface area contributed by atoms with Crippen molar-refractivity contribution < 1.29 is 14.3 Å². The number of morpholine rings is 1. The Kier molecular flexibility index (Phi) is 5.19. The molecule has 1 amide bonds. The number of nitrogens with zero attached hydrogens (tertiary/aromatic N) is 3. The van der Waals surface area contributed by atoms with E-state index < -0.39 is 11.7 Å². The van der Waals surface area contributed by atoms with Crippen molar-refractivity contribution in [2.75, 3.05) is 38.2 Å². The van der Waals surface area contributed by atoms with Crippen LogP contribution in [0.5, 0.6) is 0 Å². The van der Waals surface area contributed by atoms with Crippen LogP contribution in [-0.4, -0.2) is 59.2 Å². The molecule has 0 bridgehead atoms. The van der Waals surface area contributed by atoms with Gasteiger partial charge >= 0.3 is 6.09 Å². The van der Waals surface area contributed by atoms with Crippen LogP contribution in [0.2, 0.25) is 0 Å². The lowest BCUT2D eigenvalue weighted by atomic mass is 10.2. The van der Waals surface area contributed by atoms with E-state index in [0.29, 0.717) is 5.69 Å². The smallest absolute Gasteiger partial charge is 0.412 e. The average molecular weight is 296 g/mol. The van der Waals surface area contributed by atoms with E-state index in [-0.39, 0.29) is 0 Å². The maximum atomic E-state index is 11.7. The molecule has 1 aromatic heterocycles. The van der Waals surface area contributed by atoms with Crippen LogP contribution in [0.4, 0.5) is 10.5 Å². The second-order valence-corrected chi connectivity index (χ2v) is 6.07. The van der Waals surface area contributed by atoms with Gasteiger partial charge in [0, 0.05) is 25.8 Å². The molecule has 1 aromatic rings. The summed E-state index contributed by atoms with van der Waals surface area (Å²) in [7, 11) is 0. The van der Waals surface area contributed by atoms with Crippen molar-refractivity contribution in [3.63, 3.8) is 0 Å². The van der Waals surface area contributed by atoms with Crippen molar-refractivity contribution in [2.45, 2.75) is 32.9 Å². The van der Waals surface area contributed by atoms with Crippen LogP contribution in [0.1, 0.15) is 20.8 Å². The van der Waals surface area contributed by atoms with Crippen LogP contribution in [0.25, 0.3) is 0 Å². The van der Waals surface area contributed by atoms with Gasteiger partial charge in [-0.2, -0.15) is 5.10 Å². The highest BCUT2D eigenvalue weighted by molar-refractivity contribution is 5.84. The van der Waals surface area contributed by atoms with Crippen molar-refractivity contribution in [1.82, 2.24) is 14.7 Å². The minimum atomic E-state index is -0.504. The Hall–Kier alpha value is -1.60. The van der Waals surface area contributed by atoms with E-state index in [1.165, 1.54) is 0 Å². The molecule has 0 atom stereocenters. The molecule has 2 heterocycles. The van der Waals surface area contributed by atoms with Gasteiger partial charge in [0.2, 0.25) is 0 Å². The predicted octanol–water partition coefficient (Wildman–Crippen LogP) is 1.56. The quantitative estimate of drug-likeness (QED) is 0.913. The molecule has 0 unspecified atom stereocenters. The third kappa shape index (κ3) is 5.73. The largest absolute Gasteiger partial charge is 0.444 e. The number of ether oxygens (including phenoxy) is 2. The van der Waals surface area contributed by atoms with E-state index in [0.717, 1.165) is 39.4 Å². The second kappa shape index (κ2) is 6.91.